The maximum atomic E-state index is 13.1. The van der Waals surface area contributed by atoms with Crippen molar-refractivity contribution in [2.24, 2.45) is 5.92 Å². The number of aromatic hydroxyl groups is 1. The van der Waals surface area contributed by atoms with Crippen LogP contribution in [0.2, 0.25) is 5.02 Å². The maximum absolute atomic E-state index is 13.1. The predicted molar refractivity (Wildman–Crippen MR) is 124 cm³/mol. The molecule has 3 rings (SSSR count). The number of aromatic nitrogens is 1. The molecule has 3 aromatic rings. The van der Waals surface area contributed by atoms with E-state index in [4.69, 9.17) is 16.3 Å². The summed E-state index contributed by atoms with van der Waals surface area (Å²) >= 11 is 6.25. The van der Waals surface area contributed by atoms with Gasteiger partial charge in [-0.15, -0.1) is 0 Å². The molecule has 7 heteroatoms. The molecule has 0 aliphatic heterocycles. The molecule has 1 amide bonds. The fraction of sp³-hybridized carbons (Fsp3) is 0.375. The third-order valence-corrected chi connectivity index (χ3v) is 5.17. The monoisotopic (exact) mass is 444 g/mol. The molecule has 0 aliphatic rings. The number of hydrogen-bond acceptors (Lipinski definition) is 4. The van der Waals surface area contributed by atoms with Crippen LogP contribution in [0.4, 0.5) is 4.79 Å². The molecule has 0 fully saturated rings. The number of rotatable bonds is 7. The molecule has 1 heterocycles. The number of aliphatic hydroxyl groups excluding tert-OH is 1. The van der Waals surface area contributed by atoms with E-state index in [1.165, 1.54) is 4.57 Å². The number of amides is 1. The van der Waals surface area contributed by atoms with E-state index in [1.807, 2.05) is 52.0 Å². The van der Waals surface area contributed by atoms with Crippen molar-refractivity contribution < 1.29 is 19.7 Å². The van der Waals surface area contributed by atoms with E-state index in [1.54, 1.807) is 18.2 Å². The lowest BCUT2D eigenvalue weighted by molar-refractivity contribution is 0.207. The molecular formula is C24H29ClN2O4. The molecule has 0 saturated carbocycles. The highest BCUT2D eigenvalue weighted by molar-refractivity contribution is 6.31. The summed E-state index contributed by atoms with van der Waals surface area (Å²) in [6.45, 7) is 7.70. The van der Waals surface area contributed by atoms with E-state index in [-0.39, 0.29) is 18.6 Å². The van der Waals surface area contributed by atoms with Crippen LogP contribution in [0.3, 0.4) is 0 Å². The Balaban J connectivity index is 2.17. The van der Waals surface area contributed by atoms with Crippen molar-refractivity contribution in [3.8, 4) is 22.8 Å². The molecule has 1 aromatic heterocycles. The Hall–Kier alpha value is -2.70. The van der Waals surface area contributed by atoms with E-state index in [9.17, 15) is 15.0 Å². The summed E-state index contributed by atoms with van der Waals surface area (Å²) in [5, 5.41) is 24.8. The second-order valence-corrected chi connectivity index (χ2v) is 8.75. The minimum atomic E-state index is -0.516. The Labute approximate surface area is 187 Å². The number of nitrogens with one attached hydrogen (secondary N) is 1. The average Bonchev–Trinajstić information content (AvgIpc) is 2.98. The van der Waals surface area contributed by atoms with Gasteiger partial charge >= 0.3 is 6.03 Å². The van der Waals surface area contributed by atoms with Gasteiger partial charge in [-0.05, 0) is 50.5 Å². The van der Waals surface area contributed by atoms with E-state index >= 15 is 0 Å². The van der Waals surface area contributed by atoms with Crippen LogP contribution in [0, 0.1) is 5.92 Å². The zero-order valence-electron chi connectivity index (χ0n) is 18.2. The standard InChI is InChI=1S/C24H29ClN2O4/c1-14(2)11-17(13-28)26-24(30)27-20-10-9-16(25)12-19(20)22(23(27)29)18-7-5-6-8-21(18)31-15(3)4/h5-10,12,14-15,17,28-29H,11,13H2,1-4H3,(H,26,30)/t17-/m0/s1. The molecule has 0 saturated heterocycles. The quantitative estimate of drug-likeness (QED) is 0.454. The van der Waals surface area contributed by atoms with E-state index in [2.05, 4.69) is 5.32 Å². The van der Waals surface area contributed by atoms with Crippen molar-refractivity contribution in [2.75, 3.05) is 6.61 Å². The Morgan fingerprint density at radius 2 is 1.87 bits per heavy atom. The minimum Gasteiger partial charge on any atom is -0.494 e. The van der Waals surface area contributed by atoms with Gasteiger partial charge in [-0.2, -0.15) is 0 Å². The lowest BCUT2D eigenvalue weighted by Gasteiger charge is -2.19. The molecular weight excluding hydrogens is 416 g/mol. The summed E-state index contributed by atoms with van der Waals surface area (Å²) in [5.41, 5.74) is 1.64. The number of carbonyl (C=O) groups is 1. The number of ether oxygens (including phenoxy) is 1. The molecule has 2 aromatic carbocycles. The normalized spacial score (nSPS) is 12.5. The van der Waals surface area contributed by atoms with Crippen LogP contribution in [-0.2, 0) is 0 Å². The van der Waals surface area contributed by atoms with Crippen molar-refractivity contribution in [1.82, 2.24) is 9.88 Å². The molecule has 166 valence electrons. The maximum Gasteiger partial charge on any atom is 0.329 e. The smallest absolute Gasteiger partial charge is 0.329 e. The van der Waals surface area contributed by atoms with Gasteiger partial charge in [0.25, 0.3) is 0 Å². The average molecular weight is 445 g/mol. The predicted octanol–water partition coefficient (Wildman–Crippen LogP) is 5.42. The molecule has 0 spiro atoms. The fourth-order valence-corrected chi connectivity index (χ4v) is 3.91. The number of benzene rings is 2. The molecule has 3 N–H and O–H groups in total. The molecule has 0 aliphatic carbocycles. The highest BCUT2D eigenvalue weighted by atomic mass is 35.5. The van der Waals surface area contributed by atoms with Crippen LogP contribution in [-0.4, -0.2) is 39.6 Å². The summed E-state index contributed by atoms with van der Waals surface area (Å²) in [6, 6.07) is 11.5. The van der Waals surface area contributed by atoms with Crippen LogP contribution in [0.15, 0.2) is 42.5 Å². The first-order valence-electron chi connectivity index (χ1n) is 10.4. The van der Waals surface area contributed by atoms with Crippen molar-refractivity contribution in [3.05, 3.63) is 47.5 Å². The SMILES string of the molecule is CC(C)C[C@@H](CO)NC(=O)n1c(O)c(-c2ccccc2OC(C)C)c2cc(Cl)ccc21. The molecule has 0 unspecified atom stereocenters. The lowest BCUT2D eigenvalue weighted by Crippen LogP contribution is -2.40. The van der Waals surface area contributed by atoms with Crippen LogP contribution in [0.5, 0.6) is 11.6 Å². The largest absolute Gasteiger partial charge is 0.494 e. The zero-order chi connectivity index (χ0) is 22.7. The summed E-state index contributed by atoms with van der Waals surface area (Å²) < 4.78 is 7.16. The first-order valence-corrected chi connectivity index (χ1v) is 10.8. The fourth-order valence-electron chi connectivity index (χ4n) is 3.74. The molecule has 0 bridgehead atoms. The van der Waals surface area contributed by atoms with Gasteiger partial charge in [-0.3, -0.25) is 0 Å². The highest BCUT2D eigenvalue weighted by Crippen LogP contribution is 2.44. The summed E-state index contributed by atoms with van der Waals surface area (Å²) in [7, 11) is 0. The van der Waals surface area contributed by atoms with Crippen molar-refractivity contribution in [1.29, 1.82) is 0 Å². The number of aliphatic hydroxyl groups is 1. The second kappa shape index (κ2) is 9.62. The van der Waals surface area contributed by atoms with Gasteiger partial charge in [0, 0.05) is 16.0 Å². The second-order valence-electron chi connectivity index (χ2n) is 8.32. The number of carbonyl (C=O) groups excluding carboxylic acids is 1. The van der Waals surface area contributed by atoms with Crippen LogP contribution < -0.4 is 10.1 Å². The van der Waals surface area contributed by atoms with E-state index < -0.39 is 12.1 Å². The van der Waals surface area contributed by atoms with Gasteiger partial charge in [0.1, 0.15) is 5.75 Å². The third kappa shape index (κ3) is 4.97. The van der Waals surface area contributed by atoms with Crippen LogP contribution in [0.25, 0.3) is 22.0 Å². The summed E-state index contributed by atoms with van der Waals surface area (Å²) in [5.74, 6) is 0.679. The molecule has 31 heavy (non-hydrogen) atoms. The van der Waals surface area contributed by atoms with Gasteiger partial charge < -0.3 is 20.3 Å². The Kier molecular flexibility index (Phi) is 7.13. The number of para-hydroxylation sites is 1. The Morgan fingerprint density at radius 3 is 2.52 bits per heavy atom. The van der Waals surface area contributed by atoms with Crippen LogP contribution in [0.1, 0.15) is 34.1 Å². The minimum absolute atomic E-state index is 0.0649. The third-order valence-electron chi connectivity index (χ3n) is 4.93. The Bertz CT molecular complexity index is 1070. The number of nitrogens with zero attached hydrogens (tertiary/aromatic N) is 1. The molecule has 6 nitrogen and oxygen atoms in total. The van der Waals surface area contributed by atoms with Gasteiger partial charge in [0.05, 0.1) is 29.8 Å². The number of halogens is 1. The first-order chi connectivity index (χ1) is 14.7. The van der Waals surface area contributed by atoms with Crippen molar-refractivity contribution in [3.63, 3.8) is 0 Å². The van der Waals surface area contributed by atoms with Gasteiger partial charge in [0.2, 0.25) is 5.88 Å². The van der Waals surface area contributed by atoms with Crippen LogP contribution >= 0.6 is 11.6 Å². The summed E-state index contributed by atoms with van der Waals surface area (Å²) in [4.78, 5) is 13.1. The Morgan fingerprint density at radius 1 is 1.16 bits per heavy atom. The highest BCUT2D eigenvalue weighted by Gasteiger charge is 2.26. The van der Waals surface area contributed by atoms with Crippen molar-refractivity contribution in [2.45, 2.75) is 46.3 Å². The van der Waals surface area contributed by atoms with Gasteiger partial charge in [-0.1, -0.05) is 43.6 Å². The zero-order valence-corrected chi connectivity index (χ0v) is 19.0. The first kappa shape index (κ1) is 23.0. The molecule has 1 atom stereocenters. The van der Waals surface area contributed by atoms with Gasteiger partial charge in [-0.25, -0.2) is 9.36 Å². The van der Waals surface area contributed by atoms with E-state index in [0.717, 1.165) is 0 Å². The molecule has 0 radical (unpaired) electrons. The van der Waals surface area contributed by atoms with Gasteiger partial charge in [0.15, 0.2) is 0 Å². The summed E-state index contributed by atoms with van der Waals surface area (Å²) in [6.07, 6.45) is 0.552. The van der Waals surface area contributed by atoms with E-state index in [0.29, 0.717) is 45.1 Å². The lowest BCUT2D eigenvalue weighted by atomic mass is 10.0. The topological polar surface area (TPSA) is 83.7 Å². The number of hydrogen-bond donors (Lipinski definition) is 3. The number of fused-ring (bicyclic) bond motifs is 1. The van der Waals surface area contributed by atoms with Crippen molar-refractivity contribution >= 4 is 28.5 Å².